The second kappa shape index (κ2) is 5.66. The largest absolute Gasteiger partial charge is 0.335 e. The first kappa shape index (κ1) is 12.7. The van der Waals surface area contributed by atoms with Crippen molar-refractivity contribution in [3.63, 3.8) is 0 Å². The molecule has 1 aromatic heterocycles. The van der Waals surface area contributed by atoms with Gasteiger partial charge in [-0.1, -0.05) is 6.92 Å². The molecule has 0 aliphatic rings. The summed E-state index contributed by atoms with van der Waals surface area (Å²) in [5.41, 5.74) is -0.410. The van der Waals surface area contributed by atoms with Crippen molar-refractivity contribution in [1.29, 1.82) is 5.26 Å². The molecule has 4 nitrogen and oxygen atoms in total. The molecule has 0 fully saturated rings. The zero-order chi connectivity index (χ0) is 12.0. The summed E-state index contributed by atoms with van der Waals surface area (Å²) >= 11 is 0. The first-order chi connectivity index (χ1) is 7.65. The molecule has 0 amide bonds. The molecular formula is C12H20N4. The molecule has 1 N–H and O–H groups in total. The summed E-state index contributed by atoms with van der Waals surface area (Å²) in [4.78, 5) is 4.27. The SMILES string of the molecule is CCc1nccn1CCCC(C)(C#N)NC. The highest BCUT2D eigenvalue weighted by Crippen LogP contribution is 2.12. The molecule has 1 unspecified atom stereocenters. The van der Waals surface area contributed by atoms with E-state index in [9.17, 15) is 0 Å². The summed E-state index contributed by atoms with van der Waals surface area (Å²) in [6.45, 7) is 4.97. The van der Waals surface area contributed by atoms with Gasteiger partial charge in [-0.3, -0.25) is 0 Å². The van der Waals surface area contributed by atoms with E-state index in [-0.39, 0.29) is 0 Å². The van der Waals surface area contributed by atoms with E-state index in [0.717, 1.165) is 31.6 Å². The van der Waals surface area contributed by atoms with Crippen molar-refractivity contribution in [3.8, 4) is 6.07 Å². The zero-order valence-electron chi connectivity index (χ0n) is 10.3. The highest BCUT2D eigenvalue weighted by Gasteiger charge is 2.20. The molecule has 0 saturated carbocycles. The number of hydrogen-bond acceptors (Lipinski definition) is 3. The minimum absolute atomic E-state index is 0.410. The van der Waals surface area contributed by atoms with Crippen molar-refractivity contribution in [1.82, 2.24) is 14.9 Å². The van der Waals surface area contributed by atoms with E-state index in [2.05, 4.69) is 27.9 Å². The predicted molar refractivity (Wildman–Crippen MR) is 63.9 cm³/mol. The van der Waals surface area contributed by atoms with Crippen LogP contribution in [0.3, 0.4) is 0 Å². The van der Waals surface area contributed by atoms with Crippen molar-refractivity contribution >= 4 is 0 Å². The van der Waals surface area contributed by atoms with Crippen molar-refractivity contribution in [2.24, 2.45) is 0 Å². The summed E-state index contributed by atoms with van der Waals surface area (Å²) in [6.07, 6.45) is 6.62. The van der Waals surface area contributed by atoms with Crippen molar-refractivity contribution in [2.45, 2.75) is 45.2 Å². The van der Waals surface area contributed by atoms with Gasteiger partial charge in [0.15, 0.2) is 0 Å². The Bertz CT molecular complexity index is 363. The highest BCUT2D eigenvalue weighted by molar-refractivity contribution is 5.02. The number of nitriles is 1. The fourth-order valence-electron chi connectivity index (χ4n) is 1.70. The van der Waals surface area contributed by atoms with Crippen LogP contribution < -0.4 is 5.32 Å². The second-order valence-corrected chi connectivity index (χ2v) is 4.19. The number of rotatable bonds is 6. The first-order valence-corrected chi connectivity index (χ1v) is 5.75. The zero-order valence-corrected chi connectivity index (χ0v) is 10.3. The number of imidazole rings is 1. The van der Waals surface area contributed by atoms with E-state index in [1.807, 2.05) is 26.4 Å². The summed E-state index contributed by atoms with van der Waals surface area (Å²) in [5, 5.41) is 12.1. The van der Waals surface area contributed by atoms with Crippen LogP contribution in [0.25, 0.3) is 0 Å². The van der Waals surface area contributed by atoms with Crippen LogP contribution in [0.2, 0.25) is 0 Å². The topological polar surface area (TPSA) is 53.6 Å². The van der Waals surface area contributed by atoms with Gasteiger partial charge in [0.25, 0.3) is 0 Å². The Labute approximate surface area is 97.3 Å². The lowest BCUT2D eigenvalue weighted by Gasteiger charge is -2.20. The lowest BCUT2D eigenvalue weighted by atomic mass is 9.98. The molecular weight excluding hydrogens is 200 g/mol. The average Bonchev–Trinajstić information content (AvgIpc) is 2.76. The minimum Gasteiger partial charge on any atom is -0.335 e. The molecule has 1 aromatic rings. The summed E-state index contributed by atoms with van der Waals surface area (Å²) < 4.78 is 2.16. The lowest BCUT2D eigenvalue weighted by Crippen LogP contribution is -2.38. The number of aromatic nitrogens is 2. The van der Waals surface area contributed by atoms with E-state index in [4.69, 9.17) is 5.26 Å². The molecule has 0 spiro atoms. The molecule has 0 aliphatic carbocycles. The van der Waals surface area contributed by atoms with E-state index < -0.39 is 5.54 Å². The molecule has 4 heteroatoms. The maximum atomic E-state index is 9.01. The molecule has 88 valence electrons. The van der Waals surface area contributed by atoms with E-state index in [1.54, 1.807) is 0 Å². The Balaban J connectivity index is 2.45. The predicted octanol–water partition coefficient (Wildman–Crippen LogP) is 1.73. The Morgan fingerprint density at radius 3 is 2.94 bits per heavy atom. The molecule has 0 aromatic carbocycles. The van der Waals surface area contributed by atoms with Gasteiger partial charge in [0, 0.05) is 25.4 Å². The van der Waals surface area contributed by atoms with Crippen LogP contribution in [0.15, 0.2) is 12.4 Å². The smallest absolute Gasteiger partial charge is 0.108 e. The molecule has 0 radical (unpaired) electrons. The van der Waals surface area contributed by atoms with Crippen molar-refractivity contribution in [3.05, 3.63) is 18.2 Å². The van der Waals surface area contributed by atoms with E-state index >= 15 is 0 Å². The summed E-state index contributed by atoms with van der Waals surface area (Å²) in [6, 6.07) is 2.30. The number of hydrogen-bond donors (Lipinski definition) is 1. The molecule has 0 aliphatic heterocycles. The third-order valence-electron chi connectivity index (χ3n) is 2.99. The van der Waals surface area contributed by atoms with Gasteiger partial charge in [-0.2, -0.15) is 5.26 Å². The Hall–Kier alpha value is -1.34. The van der Waals surface area contributed by atoms with Crippen LogP contribution in [0.1, 0.15) is 32.5 Å². The van der Waals surface area contributed by atoms with Gasteiger partial charge in [-0.15, -0.1) is 0 Å². The summed E-state index contributed by atoms with van der Waals surface area (Å²) in [5.74, 6) is 1.11. The molecule has 0 bridgehead atoms. The van der Waals surface area contributed by atoms with Gasteiger partial charge < -0.3 is 9.88 Å². The van der Waals surface area contributed by atoms with Crippen LogP contribution in [0, 0.1) is 11.3 Å². The summed E-state index contributed by atoms with van der Waals surface area (Å²) in [7, 11) is 1.83. The third kappa shape index (κ3) is 3.07. The van der Waals surface area contributed by atoms with Gasteiger partial charge in [0.2, 0.25) is 0 Å². The normalized spacial score (nSPS) is 14.4. The monoisotopic (exact) mass is 220 g/mol. The van der Waals surface area contributed by atoms with Crippen LogP contribution in [-0.2, 0) is 13.0 Å². The van der Waals surface area contributed by atoms with Crippen LogP contribution in [0.4, 0.5) is 0 Å². The van der Waals surface area contributed by atoms with Crippen LogP contribution in [-0.4, -0.2) is 22.1 Å². The Kier molecular flexibility index (Phi) is 4.51. The number of nitrogens with one attached hydrogen (secondary N) is 1. The van der Waals surface area contributed by atoms with E-state index in [0.29, 0.717) is 0 Å². The third-order valence-corrected chi connectivity index (χ3v) is 2.99. The molecule has 1 heterocycles. The molecule has 1 rings (SSSR count). The molecule has 16 heavy (non-hydrogen) atoms. The van der Waals surface area contributed by atoms with Gasteiger partial charge >= 0.3 is 0 Å². The Morgan fingerprint density at radius 1 is 1.62 bits per heavy atom. The Morgan fingerprint density at radius 2 is 2.38 bits per heavy atom. The van der Waals surface area contributed by atoms with Crippen molar-refractivity contribution < 1.29 is 0 Å². The maximum absolute atomic E-state index is 9.01. The lowest BCUT2D eigenvalue weighted by molar-refractivity contribution is 0.421. The van der Waals surface area contributed by atoms with Crippen LogP contribution >= 0.6 is 0 Å². The number of aryl methyl sites for hydroxylation is 2. The fraction of sp³-hybridized carbons (Fsp3) is 0.667. The van der Waals surface area contributed by atoms with Crippen molar-refractivity contribution in [2.75, 3.05) is 7.05 Å². The average molecular weight is 220 g/mol. The maximum Gasteiger partial charge on any atom is 0.108 e. The molecule has 0 saturated heterocycles. The molecule has 1 atom stereocenters. The fourth-order valence-corrected chi connectivity index (χ4v) is 1.70. The van der Waals surface area contributed by atoms with Gasteiger partial charge in [-0.05, 0) is 26.8 Å². The highest BCUT2D eigenvalue weighted by atomic mass is 15.1. The minimum atomic E-state index is -0.410. The number of nitrogens with zero attached hydrogens (tertiary/aromatic N) is 3. The second-order valence-electron chi connectivity index (χ2n) is 4.19. The first-order valence-electron chi connectivity index (χ1n) is 5.75. The standard InChI is InChI=1S/C12H20N4/c1-4-11-15-7-9-16(11)8-5-6-12(2,10-13)14-3/h7,9,14H,4-6,8H2,1-3H3. The van der Waals surface area contributed by atoms with Gasteiger partial charge in [0.05, 0.1) is 6.07 Å². The van der Waals surface area contributed by atoms with Gasteiger partial charge in [0.1, 0.15) is 11.4 Å². The van der Waals surface area contributed by atoms with Gasteiger partial charge in [-0.25, -0.2) is 4.98 Å². The van der Waals surface area contributed by atoms with Crippen LogP contribution in [0.5, 0.6) is 0 Å². The van der Waals surface area contributed by atoms with E-state index in [1.165, 1.54) is 0 Å². The quantitative estimate of drug-likeness (QED) is 0.794.